The van der Waals surface area contributed by atoms with E-state index in [2.05, 4.69) is 9.97 Å². The minimum atomic E-state index is -0.201. The molecule has 1 aromatic heterocycles. The van der Waals surface area contributed by atoms with Gasteiger partial charge in [-0.1, -0.05) is 12.1 Å². The smallest absolute Gasteiger partial charge is 0.258 e. The van der Waals surface area contributed by atoms with Crippen molar-refractivity contribution in [3.63, 3.8) is 0 Å². The van der Waals surface area contributed by atoms with E-state index in [-0.39, 0.29) is 11.3 Å². The molecule has 15 heavy (non-hydrogen) atoms. The van der Waals surface area contributed by atoms with E-state index in [9.17, 15) is 9.90 Å². The molecular formula is C11H10N2O2. The van der Waals surface area contributed by atoms with Crippen LogP contribution in [0.5, 0.6) is 5.75 Å². The van der Waals surface area contributed by atoms with E-state index in [0.29, 0.717) is 17.0 Å². The van der Waals surface area contributed by atoms with Crippen LogP contribution in [0.3, 0.4) is 0 Å². The lowest BCUT2D eigenvalue weighted by Crippen LogP contribution is -2.11. The second-order valence-electron chi connectivity index (χ2n) is 3.26. The van der Waals surface area contributed by atoms with Crippen molar-refractivity contribution in [2.24, 2.45) is 0 Å². The maximum Gasteiger partial charge on any atom is 0.258 e. The van der Waals surface area contributed by atoms with Crippen molar-refractivity contribution in [3.05, 3.63) is 46.6 Å². The Kier molecular flexibility index (Phi) is 2.25. The number of aromatic nitrogens is 2. The van der Waals surface area contributed by atoms with Crippen molar-refractivity contribution in [1.29, 1.82) is 0 Å². The maximum atomic E-state index is 11.6. The molecule has 0 saturated carbocycles. The van der Waals surface area contributed by atoms with Gasteiger partial charge in [0.25, 0.3) is 5.56 Å². The summed E-state index contributed by atoms with van der Waals surface area (Å²) in [7, 11) is 0. The van der Waals surface area contributed by atoms with Gasteiger partial charge < -0.3 is 10.1 Å². The van der Waals surface area contributed by atoms with Crippen LogP contribution in [0.4, 0.5) is 0 Å². The minimum Gasteiger partial charge on any atom is -0.508 e. The van der Waals surface area contributed by atoms with Crippen molar-refractivity contribution in [1.82, 2.24) is 9.97 Å². The first-order valence-electron chi connectivity index (χ1n) is 4.52. The standard InChI is InChI=1S/C11H10N2O2/c1-7-12-6-10(11(15)13-7)8-3-2-4-9(14)5-8/h2-6,14H,1H3,(H,12,13,15). The lowest BCUT2D eigenvalue weighted by molar-refractivity contribution is 0.475. The highest BCUT2D eigenvalue weighted by Gasteiger charge is 2.04. The first-order valence-corrected chi connectivity index (χ1v) is 4.52. The summed E-state index contributed by atoms with van der Waals surface area (Å²) >= 11 is 0. The zero-order valence-corrected chi connectivity index (χ0v) is 8.19. The molecule has 0 unspecified atom stereocenters. The van der Waals surface area contributed by atoms with Crippen LogP contribution in [0.25, 0.3) is 11.1 Å². The normalized spacial score (nSPS) is 10.2. The molecule has 4 nitrogen and oxygen atoms in total. The van der Waals surface area contributed by atoms with E-state index in [1.807, 2.05) is 0 Å². The summed E-state index contributed by atoms with van der Waals surface area (Å²) in [5.74, 6) is 0.705. The van der Waals surface area contributed by atoms with Crippen LogP contribution in [-0.4, -0.2) is 15.1 Å². The summed E-state index contributed by atoms with van der Waals surface area (Å²) < 4.78 is 0. The largest absolute Gasteiger partial charge is 0.508 e. The van der Waals surface area contributed by atoms with Gasteiger partial charge in [0.15, 0.2) is 0 Å². The van der Waals surface area contributed by atoms with E-state index in [1.165, 1.54) is 12.3 Å². The molecule has 0 aliphatic heterocycles. The van der Waals surface area contributed by atoms with Crippen molar-refractivity contribution < 1.29 is 5.11 Å². The highest BCUT2D eigenvalue weighted by Crippen LogP contribution is 2.19. The fraction of sp³-hybridized carbons (Fsp3) is 0.0909. The maximum absolute atomic E-state index is 11.6. The van der Waals surface area contributed by atoms with Crippen LogP contribution in [0.15, 0.2) is 35.3 Å². The number of hydrogen-bond acceptors (Lipinski definition) is 3. The Hall–Kier alpha value is -2.10. The monoisotopic (exact) mass is 202 g/mol. The van der Waals surface area contributed by atoms with Gasteiger partial charge in [-0.3, -0.25) is 4.79 Å². The van der Waals surface area contributed by atoms with E-state index in [4.69, 9.17) is 0 Å². The number of nitrogens with zero attached hydrogens (tertiary/aromatic N) is 1. The van der Waals surface area contributed by atoms with Gasteiger partial charge in [0.2, 0.25) is 0 Å². The van der Waals surface area contributed by atoms with Crippen molar-refractivity contribution in [2.75, 3.05) is 0 Å². The first kappa shape index (κ1) is 9.45. The summed E-state index contributed by atoms with van der Waals surface area (Å²) in [6.45, 7) is 1.72. The number of aromatic amines is 1. The lowest BCUT2D eigenvalue weighted by atomic mass is 10.1. The molecule has 4 heteroatoms. The van der Waals surface area contributed by atoms with Crippen LogP contribution in [0.2, 0.25) is 0 Å². The molecule has 0 spiro atoms. The molecule has 2 aromatic rings. The number of benzene rings is 1. The molecule has 0 radical (unpaired) electrons. The number of nitrogens with one attached hydrogen (secondary N) is 1. The van der Waals surface area contributed by atoms with Gasteiger partial charge in [-0.25, -0.2) is 4.98 Å². The Labute approximate surface area is 86.2 Å². The molecule has 0 fully saturated rings. The summed E-state index contributed by atoms with van der Waals surface area (Å²) in [4.78, 5) is 18.2. The first-order chi connectivity index (χ1) is 7.16. The Bertz CT molecular complexity index is 546. The number of aromatic hydroxyl groups is 1. The topological polar surface area (TPSA) is 66.0 Å². The third-order valence-electron chi connectivity index (χ3n) is 2.08. The van der Waals surface area contributed by atoms with E-state index in [1.54, 1.807) is 25.1 Å². The fourth-order valence-corrected chi connectivity index (χ4v) is 1.36. The highest BCUT2D eigenvalue weighted by molar-refractivity contribution is 5.62. The Balaban J connectivity index is 2.59. The van der Waals surface area contributed by atoms with Crippen LogP contribution < -0.4 is 5.56 Å². The second kappa shape index (κ2) is 3.57. The molecule has 0 saturated heterocycles. The summed E-state index contributed by atoms with van der Waals surface area (Å²) in [6.07, 6.45) is 1.50. The SMILES string of the molecule is Cc1ncc(-c2cccc(O)c2)c(=O)[nH]1. The third-order valence-corrected chi connectivity index (χ3v) is 2.08. The molecule has 0 aliphatic carbocycles. The predicted octanol–water partition coefficient (Wildman–Crippen LogP) is 1.45. The van der Waals surface area contributed by atoms with Gasteiger partial charge >= 0.3 is 0 Å². The lowest BCUT2D eigenvalue weighted by Gasteiger charge is -2.01. The molecule has 76 valence electrons. The van der Waals surface area contributed by atoms with Gasteiger partial charge in [-0.2, -0.15) is 0 Å². The summed E-state index contributed by atoms with van der Waals surface area (Å²) in [5.41, 5.74) is 0.911. The zero-order valence-electron chi connectivity index (χ0n) is 8.19. The summed E-state index contributed by atoms with van der Waals surface area (Å²) in [5, 5.41) is 9.29. The van der Waals surface area contributed by atoms with Crippen molar-refractivity contribution >= 4 is 0 Å². The number of aryl methyl sites for hydroxylation is 1. The summed E-state index contributed by atoms with van der Waals surface area (Å²) in [6, 6.07) is 6.52. The average Bonchev–Trinajstić information content (AvgIpc) is 2.17. The molecule has 0 aliphatic rings. The van der Waals surface area contributed by atoms with Gasteiger partial charge in [-0.15, -0.1) is 0 Å². The van der Waals surface area contributed by atoms with Crippen molar-refractivity contribution in [2.45, 2.75) is 6.92 Å². The zero-order chi connectivity index (χ0) is 10.8. The van der Waals surface area contributed by atoms with Gasteiger partial charge in [0, 0.05) is 6.20 Å². The minimum absolute atomic E-state index is 0.132. The van der Waals surface area contributed by atoms with Gasteiger partial charge in [-0.05, 0) is 24.6 Å². The molecule has 0 bridgehead atoms. The molecule has 0 amide bonds. The van der Waals surface area contributed by atoms with Crippen molar-refractivity contribution in [3.8, 4) is 16.9 Å². The average molecular weight is 202 g/mol. The molecular weight excluding hydrogens is 192 g/mol. The highest BCUT2D eigenvalue weighted by atomic mass is 16.3. The number of rotatable bonds is 1. The fourth-order valence-electron chi connectivity index (χ4n) is 1.36. The van der Waals surface area contributed by atoms with Crippen LogP contribution in [-0.2, 0) is 0 Å². The van der Waals surface area contributed by atoms with Gasteiger partial charge in [0.05, 0.1) is 5.56 Å². The number of H-pyrrole nitrogens is 1. The number of phenolic OH excluding ortho intramolecular Hbond substituents is 1. The number of hydrogen-bond donors (Lipinski definition) is 2. The van der Waals surface area contributed by atoms with Crippen LogP contribution >= 0.6 is 0 Å². The van der Waals surface area contributed by atoms with E-state index in [0.717, 1.165) is 0 Å². The molecule has 2 rings (SSSR count). The number of phenols is 1. The predicted molar refractivity (Wildman–Crippen MR) is 56.7 cm³/mol. The quantitative estimate of drug-likeness (QED) is 0.735. The molecule has 0 atom stereocenters. The van der Waals surface area contributed by atoms with E-state index >= 15 is 0 Å². The second-order valence-corrected chi connectivity index (χ2v) is 3.26. The van der Waals surface area contributed by atoms with Crippen LogP contribution in [0, 0.1) is 6.92 Å². The van der Waals surface area contributed by atoms with Gasteiger partial charge in [0.1, 0.15) is 11.6 Å². The molecule has 1 aromatic carbocycles. The van der Waals surface area contributed by atoms with Crippen LogP contribution in [0.1, 0.15) is 5.82 Å². The van der Waals surface area contributed by atoms with E-state index < -0.39 is 0 Å². The third kappa shape index (κ3) is 1.88. The Morgan fingerprint density at radius 3 is 2.87 bits per heavy atom. The molecule has 2 N–H and O–H groups in total. The molecule has 1 heterocycles. The Morgan fingerprint density at radius 2 is 2.20 bits per heavy atom. The Morgan fingerprint density at radius 1 is 1.40 bits per heavy atom.